The molecule has 10 heteroatoms. The fourth-order valence-electron chi connectivity index (χ4n) is 2.77. The van der Waals surface area contributed by atoms with Crippen LogP contribution < -0.4 is 24.3 Å². The molecule has 0 radical (unpaired) electrons. The number of nitrogens with zero attached hydrogens (tertiary/aromatic N) is 1. The van der Waals surface area contributed by atoms with Gasteiger partial charge in [0.15, 0.2) is 11.5 Å². The van der Waals surface area contributed by atoms with Gasteiger partial charge in [0.2, 0.25) is 21.7 Å². The van der Waals surface area contributed by atoms with Gasteiger partial charge in [0, 0.05) is 19.2 Å². The summed E-state index contributed by atoms with van der Waals surface area (Å²) in [6, 6.07) is 9.38. The van der Waals surface area contributed by atoms with Crippen molar-refractivity contribution in [2.75, 3.05) is 42.0 Å². The molecule has 0 spiro atoms. The van der Waals surface area contributed by atoms with E-state index in [0.717, 1.165) is 4.31 Å². The van der Waals surface area contributed by atoms with E-state index in [1.54, 1.807) is 24.3 Å². The molecule has 0 saturated carbocycles. The van der Waals surface area contributed by atoms with Crippen LogP contribution in [0.5, 0.6) is 23.0 Å². The minimum atomic E-state index is -3.82. The Morgan fingerprint density at radius 1 is 0.900 bits per heavy atom. The molecule has 164 valence electrons. The van der Waals surface area contributed by atoms with Crippen LogP contribution in [0.4, 0.5) is 0 Å². The molecular weight excluding hydrogens is 412 g/mol. The average molecular weight is 439 g/mol. The van der Waals surface area contributed by atoms with Crippen LogP contribution in [0.25, 0.3) is 0 Å². The summed E-state index contributed by atoms with van der Waals surface area (Å²) >= 11 is 0. The number of methoxy groups -OCH3 is 4. The van der Waals surface area contributed by atoms with Gasteiger partial charge < -0.3 is 24.3 Å². The van der Waals surface area contributed by atoms with E-state index in [-0.39, 0.29) is 18.0 Å². The van der Waals surface area contributed by atoms with Gasteiger partial charge in [-0.1, -0.05) is 0 Å². The van der Waals surface area contributed by atoms with Crippen molar-refractivity contribution in [3.63, 3.8) is 0 Å². The number of ether oxygens (including phenoxy) is 4. The van der Waals surface area contributed by atoms with Crippen LogP contribution in [0.3, 0.4) is 0 Å². The second-order valence-electron chi connectivity index (χ2n) is 6.21. The minimum Gasteiger partial charge on any atom is -0.497 e. The van der Waals surface area contributed by atoms with E-state index in [9.17, 15) is 13.2 Å². The summed E-state index contributed by atoms with van der Waals surface area (Å²) in [6.45, 7) is -0.219. The molecule has 0 heterocycles. The van der Waals surface area contributed by atoms with E-state index in [1.807, 2.05) is 0 Å². The van der Waals surface area contributed by atoms with Crippen molar-refractivity contribution in [1.29, 1.82) is 0 Å². The highest BCUT2D eigenvalue weighted by Gasteiger charge is 2.23. The molecule has 2 aromatic rings. The highest BCUT2D eigenvalue weighted by molar-refractivity contribution is 7.89. The smallest absolute Gasteiger partial charge is 0.243 e. The van der Waals surface area contributed by atoms with Crippen molar-refractivity contribution >= 4 is 15.9 Å². The summed E-state index contributed by atoms with van der Waals surface area (Å²) in [6.07, 6.45) is 0. The number of amides is 1. The van der Waals surface area contributed by atoms with Gasteiger partial charge in [-0.25, -0.2) is 8.42 Å². The van der Waals surface area contributed by atoms with Crippen molar-refractivity contribution < 1.29 is 32.2 Å². The Hall–Kier alpha value is -2.98. The lowest BCUT2D eigenvalue weighted by Gasteiger charge is -2.18. The number of carbonyl (C=O) groups excluding carboxylic acids is 1. The van der Waals surface area contributed by atoms with E-state index >= 15 is 0 Å². The highest BCUT2D eigenvalue weighted by atomic mass is 32.2. The molecule has 9 nitrogen and oxygen atoms in total. The Balaban J connectivity index is 2.06. The number of sulfonamides is 1. The van der Waals surface area contributed by atoms with E-state index in [2.05, 4.69) is 5.32 Å². The first-order valence-corrected chi connectivity index (χ1v) is 10.4. The molecule has 2 aromatic carbocycles. The number of rotatable bonds is 10. The Bertz CT molecular complexity index is 975. The third-order valence-corrected chi connectivity index (χ3v) is 6.21. The monoisotopic (exact) mass is 438 g/mol. The summed E-state index contributed by atoms with van der Waals surface area (Å²) in [7, 11) is 3.50. The Labute approximate surface area is 176 Å². The number of nitrogens with one attached hydrogen (secondary N) is 1. The Kier molecular flexibility index (Phi) is 7.90. The van der Waals surface area contributed by atoms with E-state index in [4.69, 9.17) is 18.9 Å². The summed E-state index contributed by atoms with van der Waals surface area (Å²) in [5.74, 6) is 1.40. The fourth-order valence-corrected chi connectivity index (χ4v) is 3.89. The standard InChI is InChI=1S/C20H26N2O7S/c1-22(30(24,25)16-9-7-15(26-2)8-10-16)13-18(23)21-12-14-6-11-17(27-3)20(29-5)19(14)28-4/h6-11H,12-13H2,1-5H3,(H,21,23). The second kappa shape index (κ2) is 10.2. The first-order valence-electron chi connectivity index (χ1n) is 8.93. The van der Waals surface area contributed by atoms with Crippen LogP contribution in [-0.4, -0.2) is 60.7 Å². The largest absolute Gasteiger partial charge is 0.497 e. The molecule has 0 aliphatic rings. The first kappa shape index (κ1) is 23.3. The number of hydrogen-bond donors (Lipinski definition) is 1. The maximum atomic E-state index is 12.7. The lowest BCUT2D eigenvalue weighted by atomic mass is 10.1. The number of carbonyl (C=O) groups is 1. The summed E-state index contributed by atoms with van der Waals surface area (Å²) < 4.78 is 47.2. The van der Waals surface area contributed by atoms with Crippen LogP contribution >= 0.6 is 0 Å². The average Bonchev–Trinajstić information content (AvgIpc) is 2.76. The molecular formula is C20H26N2O7S. The van der Waals surface area contributed by atoms with Crippen molar-refractivity contribution in [3.05, 3.63) is 42.0 Å². The minimum absolute atomic E-state index is 0.0696. The lowest BCUT2D eigenvalue weighted by molar-refractivity contribution is -0.121. The fraction of sp³-hybridized carbons (Fsp3) is 0.350. The zero-order valence-corrected chi connectivity index (χ0v) is 18.4. The van der Waals surface area contributed by atoms with Gasteiger partial charge in [0.1, 0.15) is 5.75 Å². The number of likely N-dealkylation sites (N-methyl/N-ethyl adjacent to an activating group) is 1. The van der Waals surface area contributed by atoms with Gasteiger partial charge in [-0.15, -0.1) is 0 Å². The molecule has 1 N–H and O–H groups in total. The van der Waals surface area contributed by atoms with Crippen molar-refractivity contribution in [3.8, 4) is 23.0 Å². The molecule has 0 aliphatic heterocycles. The van der Waals surface area contributed by atoms with Crippen molar-refractivity contribution in [2.45, 2.75) is 11.4 Å². The normalized spacial score (nSPS) is 11.1. The predicted octanol–water partition coefficient (Wildman–Crippen LogP) is 1.66. The summed E-state index contributed by atoms with van der Waals surface area (Å²) in [4.78, 5) is 12.4. The van der Waals surface area contributed by atoms with E-state index in [1.165, 1.54) is 47.6 Å². The zero-order valence-electron chi connectivity index (χ0n) is 17.6. The van der Waals surface area contributed by atoms with Crippen molar-refractivity contribution in [1.82, 2.24) is 9.62 Å². The molecule has 0 fully saturated rings. The van der Waals surface area contributed by atoms with E-state index in [0.29, 0.717) is 28.6 Å². The quantitative estimate of drug-likeness (QED) is 0.602. The third-order valence-electron chi connectivity index (χ3n) is 4.40. The third kappa shape index (κ3) is 5.14. The molecule has 0 aromatic heterocycles. The Morgan fingerprint density at radius 3 is 2.07 bits per heavy atom. The second-order valence-corrected chi connectivity index (χ2v) is 8.25. The van der Waals surface area contributed by atoms with Gasteiger partial charge in [0.25, 0.3) is 0 Å². The first-order chi connectivity index (χ1) is 14.3. The van der Waals surface area contributed by atoms with Crippen LogP contribution in [-0.2, 0) is 21.4 Å². The van der Waals surface area contributed by atoms with Gasteiger partial charge in [-0.2, -0.15) is 4.31 Å². The Morgan fingerprint density at radius 2 is 1.53 bits per heavy atom. The van der Waals surface area contributed by atoms with Crippen LogP contribution in [0.1, 0.15) is 5.56 Å². The number of benzene rings is 2. The molecule has 0 aliphatic carbocycles. The lowest BCUT2D eigenvalue weighted by Crippen LogP contribution is -2.38. The maximum absolute atomic E-state index is 12.7. The molecule has 0 atom stereocenters. The van der Waals surface area contributed by atoms with Crippen LogP contribution in [0, 0.1) is 0 Å². The van der Waals surface area contributed by atoms with Crippen molar-refractivity contribution in [2.24, 2.45) is 0 Å². The summed E-state index contributed by atoms with van der Waals surface area (Å²) in [5, 5.41) is 2.69. The topological polar surface area (TPSA) is 103 Å². The maximum Gasteiger partial charge on any atom is 0.243 e. The SMILES string of the molecule is COc1ccc(S(=O)(=O)N(C)CC(=O)NCc2ccc(OC)c(OC)c2OC)cc1. The summed E-state index contributed by atoms with van der Waals surface area (Å²) in [5.41, 5.74) is 0.657. The van der Waals surface area contributed by atoms with Gasteiger partial charge in [-0.05, 0) is 36.4 Å². The molecule has 30 heavy (non-hydrogen) atoms. The highest BCUT2D eigenvalue weighted by Crippen LogP contribution is 2.39. The zero-order chi connectivity index (χ0) is 22.3. The molecule has 0 saturated heterocycles. The molecule has 1 amide bonds. The number of hydrogen-bond acceptors (Lipinski definition) is 7. The van der Waals surface area contributed by atoms with Gasteiger partial charge in [0.05, 0.1) is 39.9 Å². The van der Waals surface area contributed by atoms with Crippen LogP contribution in [0.2, 0.25) is 0 Å². The van der Waals surface area contributed by atoms with E-state index < -0.39 is 15.9 Å². The van der Waals surface area contributed by atoms with Gasteiger partial charge in [-0.3, -0.25) is 4.79 Å². The van der Waals surface area contributed by atoms with Gasteiger partial charge >= 0.3 is 0 Å². The molecule has 2 rings (SSSR count). The molecule has 0 unspecified atom stereocenters. The predicted molar refractivity (Wildman–Crippen MR) is 111 cm³/mol. The molecule has 0 bridgehead atoms. The van der Waals surface area contributed by atoms with Crippen LogP contribution in [0.15, 0.2) is 41.3 Å².